The zero-order chi connectivity index (χ0) is 24.6. The van der Waals surface area contributed by atoms with E-state index in [4.69, 9.17) is 10.2 Å². The van der Waals surface area contributed by atoms with Gasteiger partial charge >= 0.3 is 0 Å². The number of nitrogens with zero attached hydrogens (tertiary/aromatic N) is 2. The number of thioether (sulfide) groups is 1. The van der Waals surface area contributed by atoms with Gasteiger partial charge in [0.1, 0.15) is 5.76 Å². The van der Waals surface area contributed by atoms with Crippen molar-refractivity contribution in [3.05, 3.63) is 48.3 Å². The van der Waals surface area contributed by atoms with Gasteiger partial charge in [0, 0.05) is 18.3 Å². The summed E-state index contributed by atoms with van der Waals surface area (Å²) in [7, 11) is 0. The number of anilines is 3. The number of para-hydroxylation sites is 2. The minimum Gasteiger partial charge on any atom is -0.444 e. The van der Waals surface area contributed by atoms with Crippen LogP contribution in [0.5, 0.6) is 0 Å². The molecule has 0 unspecified atom stereocenters. The fraction of sp³-hybridized carbons (Fsp3) is 0.417. The van der Waals surface area contributed by atoms with Gasteiger partial charge in [0.2, 0.25) is 17.7 Å². The standard InChI is InChI=1S/C24H31N5O3S2/c1-24(2,3)18-13-26-21(32-18)15-33-22-14-27-23(34-22)29-20(31)12-6-4-5-11-19(30)28-17-10-8-7-9-16(17)25/h7-10,13-14H,4-6,11-12,15,25H2,1-3H3,(H,28,30)(H,27,29,31). The number of carbonyl (C=O) groups excluding carboxylic acids is 2. The van der Waals surface area contributed by atoms with Crippen LogP contribution in [0.4, 0.5) is 16.5 Å². The Morgan fingerprint density at radius 1 is 1.03 bits per heavy atom. The number of nitrogen functional groups attached to an aromatic ring is 1. The molecule has 0 bridgehead atoms. The van der Waals surface area contributed by atoms with Gasteiger partial charge in [0.05, 0.1) is 33.7 Å². The number of unbranched alkanes of at least 4 members (excludes halogenated alkanes) is 2. The molecule has 10 heteroatoms. The average molecular weight is 502 g/mol. The molecule has 2 amide bonds. The van der Waals surface area contributed by atoms with E-state index in [0.29, 0.717) is 53.8 Å². The number of rotatable bonds is 11. The number of amides is 2. The average Bonchev–Trinajstić information content (AvgIpc) is 3.43. The van der Waals surface area contributed by atoms with Crippen molar-refractivity contribution < 1.29 is 14.0 Å². The van der Waals surface area contributed by atoms with Gasteiger partial charge in [0.15, 0.2) is 5.13 Å². The van der Waals surface area contributed by atoms with E-state index in [1.165, 1.54) is 11.3 Å². The van der Waals surface area contributed by atoms with Crippen LogP contribution in [0, 0.1) is 0 Å². The fourth-order valence-corrected chi connectivity index (χ4v) is 4.74. The summed E-state index contributed by atoms with van der Waals surface area (Å²) < 4.78 is 6.79. The van der Waals surface area contributed by atoms with E-state index in [0.717, 1.165) is 16.4 Å². The second kappa shape index (κ2) is 12.0. The van der Waals surface area contributed by atoms with E-state index < -0.39 is 0 Å². The van der Waals surface area contributed by atoms with Crippen molar-refractivity contribution in [1.82, 2.24) is 9.97 Å². The van der Waals surface area contributed by atoms with Gasteiger partial charge in [-0.05, 0) is 25.0 Å². The van der Waals surface area contributed by atoms with Crippen LogP contribution in [0.25, 0.3) is 0 Å². The zero-order valence-electron chi connectivity index (χ0n) is 19.7. The van der Waals surface area contributed by atoms with Crippen LogP contribution in [0.1, 0.15) is 64.5 Å². The molecule has 0 aliphatic rings. The molecule has 0 atom stereocenters. The molecule has 0 saturated carbocycles. The molecule has 1 aromatic carbocycles. The largest absolute Gasteiger partial charge is 0.444 e. The van der Waals surface area contributed by atoms with Crippen molar-refractivity contribution in [2.45, 2.75) is 68.3 Å². The van der Waals surface area contributed by atoms with Crippen LogP contribution in [0.15, 0.2) is 45.3 Å². The Morgan fingerprint density at radius 3 is 2.41 bits per heavy atom. The predicted octanol–water partition coefficient (Wildman–Crippen LogP) is 5.83. The van der Waals surface area contributed by atoms with Crippen molar-refractivity contribution >= 4 is 51.4 Å². The Kier molecular flexibility index (Phi) is 9.12. The van der Waals surface area contributed by atoms with E-state index in [1.54, 1.807) is 36.3 Å². The van der Waals surface area contributed by atoms with Gasteiger partial charge in [-0.1, -0.05) is 50.7 Å². The summed E-state index contributed by atoms with van der Waals surface area (Å²) >= 11 is 3.01. The summed E-state index contributed by atoms with van der Waals surface area (Å²) in [5.41, 5.74) is 6.93. The lowest BCUT2D eigenvalue weighted by Gasteiger charge is -2.12. The van der Waals surface area contributed by atoms with E-state index in [1.807, 2.05) is 12.1 Å². The van der Waals surface area contributed by atoms with Gasteiger partial charge < -0.3 is 20.8 Å². The number of benzene rings is 1. The van der Waals surface area contributed by atoms with Crippen LogP contribution in [-0.2, 0) is 20.8 Å². The van der Waals surface area contributed by atoms with Crippen LogP contribution in [-0.4, -0.2) is 21.8 Å². The second-order valence-corrected chi connectivity index (χ2v) is 11.2. The van der Waals surface area contributed by atoms with Crippen molar-refractivity contribution in [2.75, 3.05) is 16.4 Å². The minimum atomic E-state index is -0.0745. The highest BCUT2D eigenvalue weighted by Crippen LogP contribution is 2.32. The molecule has 0 aliphatic heterocycles. The summed E-state index contributed by atoms with van der Waals surface area (Å²) in [5.74, 6) is 2.00. The molecule has 2 aromatic heterocycles. The summed E-state index contributed by atoms with van der Waals surface area (Å²) in [6.07, 6.45) is 6.51. The molecule has 2 heterocycles. The molecule has 0 spiro atoms. The Labute approximate surface area is 208 Å². The van der Waals surface area contributed by atoms with Crippen molar-refractivity contribution in [2.24, 2.45) is 0 Å². The highest BCUT2D eigenvalue weighted by molar-refractivity contribution is 8.00. The molecule has 8 nitrogen and oxygen atoms in total. The normalized spacial score (nSPS) is 11.4. The molecule has 182 valence electrons. The Morgan fingerprint density at radius 2 is 1.74 bits per heavy atom. The number of hydrogen-bond acceptors (Lipinski definition) is 8. The molecule has 0 radical (unpaired) electrons. The molecule has 0 saturated heterocycles. The first kappa shape index (κ1) is 25.8. The maximum absolute atomic E-state index is 12.2. The monoisotopic (exact) mass is 501 g/mol. The predicted molar refractivity (Wildman–Crippen MR) is 138 cm³/mol. The maximum Gasteiger partial charge on any atom is 0.226 e. The highest BCUT2D eigenvalue weighted by Gasteiger charge is 2.19. The van der Waals surface area contributed by atoms with Gasteiger partial charge in [-0.25, -0.2) is 9.97 Å². The maximum atomic E-state index is 12.2. The number of carbonyl (C=O) groups is 2. The first-order valence-electron chi connectivity index (χ1n) is 11.2. The number of aromatic nitrogens is 2. The zero-order valence-corrected chi connectivity index (χ0v) is 21.4. The van der Waals surface area contributed by atoms with E-state index in [9.17, 15) is 9.59 Å². The number of nitrogens with one attached hydrogen (secondary N) is 2. The lowest BCUT2D eigenvalue weighted by molar-refractivity contribution is -0.116. The van der Waals surface area contributed by atoms with Crippen LogP contribution >= 0.6 is 23.1 Å². The lowest BCUT2D eigenvalue weighted by Crippen LogP contribution is -2.13. The smallest absolute Gasteiger partial charge is 0.226 e. The summed E-state index contributed by atoms with van der Waals surface area (Å²) in [5, 5.41) is 6.24. The van der Waals surface area contributed by atoms with Crippen molar-refractivity contribution in [3.63, 3.8) is 0 Å². The van der Waals surface area contributed by atoms with Crippen molar-refractivity contribution in [1.29, 1.82) is 0 Å². The van der Waals surface area contributed by atoms with E-state index >= 15 is 0 Å². The molecule has 0 aliphatic carbocycles. The third-order valence-electron chi connectivity index (χ3n) is 4.90. The van der Waals surface area contributed by atoms with Gasteiger partial charge in [-0.15, -0.1) is 11.8 Å². The number of hydrogen-bond donors (Lipinski definition) is 3. The van der Waals surface area contributed by atoms with E-state index in [2.05, 4.69) is 41.4 Å². The Bertz CT molecular complexity index is 1100. The summed E-state index contributed by atoms with van der Waals surface area (Å²) in [4.78, 5) is 32.8. The SMILES string of the molecule is CC(C)(C)c1cnc(CSc2cnc(NC(=O)CCCCCC(=O)Nc3ccccc3N)s2)o1. The molecular weight excluding hydrogens is 470 g/mol. The fourth-order valence-electron chi connectivity index (χ4n) is 2.99. The Balaban J connectivity index is 1.31. The first-order chi connectivity index (χ1) is 16.2. The third kappa shape index (κ3) is 8.18. The van der Waals surface area contributed by atoms with E-state index in [-0.39, 0.29) is 17.2 Å². The topological polar surface area (TPSA) is 123 Å². The summed E-state index contributed by atoms with van der Waals surface area (Å²) in [6.45, 7) is 6.26. The van der Waals surface area contributed by atoms with Crippen LogP contribution in [0.3, 0.4) is 0 Å². The number of oxazole rings is 1. The van der Waals surface area contributed by atoms with Crippen LogP contribution in [0.2, 0.25) is 0 Å². The molecule has 4 N–H and O–H groups in total. The quantitative estimate of drug-likeness (QED) is 0.171. The van der Waals surface area contributed by atoms with Gasteiger partial charge in [0.25, 0.3) is 0 Å². The molecule has 3 rings (SSSR count). The molecule has 34 heavy (non-hydrogen) atoms. The van der Waals surface area contributed by atoms with Gasteiger partial charge in [-0.3, -0.25) is 9.59 Å². The Hall–Kier alpha value is -2.85. The second-order valence-electron chi connectivity index (χ2n) is 8.89. The van der Waals surface area contributed by atoms with Gasteiger partial charge in [-0.2, -0.15) is 0 Å². The third-order valence-corrected chi connectivity index (χ3v) is 7.00. The number of nitrogens with two attached hydrogens (primary N) is 1. The summed E-state index contributed by atoms with van der Waals surface area (Å²) in [6, 6.07) is 7.17. The van der Waals surface area contributed by atoms with Crippen molar-refractivity contribution in [3.8, 4) is 0 Å². The highest BCUT2D eigenvalue weighted by atomic mass is 32.2. The molecule has 3 aromatic rings. The molecule has 0 fully saturated rings. The van der Waals surface area contributed by atoms with Crippen LogP contribution < -0.4 is 16.4 Å². The lowest BCUT2D eigenvalue weighted by atomic mass is 9.94. The first-order valence-corrected chi connectivity index (χ1v) is 13.0. The molecular formula is C24H31N5O3S2. The minimum absolute atomic E-state index is 0.0685. The number of thiazole rings is 1.